The Labute approximate surface area is 79.9 Å². The van der Waals surface area contributed by atoms with Crippen LogP contribution in [0.5, 0.6) is 0 Å². The first-order chi connectivity index (χ1) is 6.29. The van der Waals surface area contributed by atoms with Crippen LogP contribution < -0.4 is 0 Å². The fourth-order valence-electron chi connectivity index (χ4n) is 3.18. The van der Waals surface area contributed by atoms with Crippen LogP contribution in [0.2, 0.25) is 0 Å². The van der Waals surface area contributed by atoms with Gasteiger partial charge in [0.1, 0.15) is 0 Å². The average Bonchev–Trinajstić information content (AvgIpc) is 2.55. The SMILES string of the molecule is O[C@@H]1CCC[C@H]1N1CCC2(CC2)C1. The molecule has 2 heteroatoms. The summed E-state index contributed by atoms with van der Waals surface area (Å²) in [5.41, 5.74) is 0.725. The van der Waals surface area contributed by atoms with E-state index in [0.717, 1.165) is 11.8 Å². The first-order valence-corrected chi connectivity index (χ1v) is 5.71. The van der Waals surface area contributed by atoms with Gasteiger partial charge >= 0.3 is 0 Å². The predicted molar refractivity (Wildman–Crippen MR) is 51.5 cm³/mol. The van der Waals surface area contributed by atoms with E-state index in [1.165, 1.54) is 45.2 Å². The zero-order chi connectivity index (χ0) is 8.89. The van der Waals surface area contributed by atoms with E-state index in [0.29, 0.717) is 6.04 Å². The molecule has 0 bridgehead atoms. The zero-order valence-corrected chi connectivity index (χ0v) is 8.21. The van der Waals surface area contributed by atoms with Crippen molar-refractivity contribution in [1.82, 2.24) is 4.90 Å². The third-order valence-corrected chi connectivity index (χ3v) is 4.34. The van der Waals surface area contributed by atoms with E-state index in [1.807, 2.05) is 0 Å². The molecule has 74 valence electrons. The summed E-state index contributed by atoms with van der Waals surface area (Å²) in [5, 5.41) is 9.80. The third kappa shape index (κ3) is 1.31. The second-order valence-corrected chi connectivity index (χ2v) is 5.29. The van der Waals surface area contributed by atoms with Gasteiger partial charge in [-0.3, -0.25) is 4.90 Å². The van der Waals surface area contributed by atoms with Crippen LogP contribution >= 0.6 is 0 Å². The minimum Gasteiger partial charge on any atom is -0.391 e. The molecule has 1 N–H and O–H groups in total. The highest BCUT2D eigenvalue weighted by molar-refractivity contribution is 5.03. The van der Waals surface area contributed by atoms with Gasteiger partial charge in [0.2, 0.25) is 0 Å². The lowest BCUT2D eigenvalue weighted by molar-refractivity contribution is 0.0823. The van der Waals surface area contributed by atoms with Gasteiger partial charge in [0.25, 0.3) is 0 Å². The van der Waals surface area contributed by atoms with Gasteiger partial charge in [0, 0.05) is 12.6 Å². The van der Waals surface area contributed by atoms with Crippen LogP contribution in [0, 0.1) is 5.41 Å². The van der Waals surface area contributed by atoms with Crippen molar-refractivity contribution in [2.75, 3.05) is 13.1 Å². The van der Waals surface area contributed by atoms with Crippen molar-refractivity contribution >= 4 is 0 Å². The molecule has 3 rings (SSSR count). The Balaban J connectivity index is 1.66. The van der Waals surface area contributed by atoms with Crippen LogP contribution in [0.15, 0.2) is 0 Å². The molecule has 1 spiro atoms. The number of hydrogen-bond acceptors (Lipinski definition) is 2. The van der Waals surface area contributed by atoms with Crippen molar-refractivity contribution in [1.29, 1.82) is 0 Å². The predicted octanol–water partition coefficient (Wildman–Crippen LogP) is 1.39. The molecule has 0 radical (unpaired) electrons. The van der Waals surface area contributed by atoms with Crippen LogP contribution in [0.3, 0.4) is 0 Å². The normalized spacial score (nSPS) is 43.2. The summed E-state index contributed by atoms with van der Waals surface area (Å²) in [6.45, 7) is 2.54. The van der Waals surface area contributed by atoms with Gasteiger partial charge in [-0.1, -0.05) is 0 Å². The second-order valence-electron chi connectivity index (χ2n) is 5.29. The first-order valence-electron chi connectivity index (χ1n) is 5.71. The van der Waals surface area contributed by atoms with Gasteiger partial charge in [-0.15, -0.1) is 0 Å². The largest absolute Gasteiger partial charge is 0.391 e. The Kier molecular flexibility index (Phi) is 1.72. The smallest absolute Gasteiger partial charge is 0.0695 e. The fraction of sp³-hybridized carbons (Fsp3) is 1.00. The van der Waals surface area contributed by atoms with Gasteiger partial charge < -0.3 is 5.11 Å². The van der Waals surface area contributed by atoms with E-state index in [4.69, 9.17) is 0 Å². The summed E-state index contributed by atoms with van der Waals surface area (Å²) in [6.07, 6.45) is 7.78. The van der Waals surface area contributed by atoms with Crippen molar-refractivity contribution in [2.24, 2.45) is 5.41 Å². The molecular weight excluding hydrogens is 162 g/mol. The molecule has 0 aromatic heterocycles. The maximum Gasteiger partial charge on any atom is 0.0695 e. The lowest BCUT2D eigenvalue weighted by atomic mass is 10.1. The van der Waals surface area contributed by atoms with Gasteiger partial charge in [0.15, 0.2) is 0 Å². The maximum atomic E-state index is 9.80. The van der Waals surface area contributed by atoms with E-state index < -0.39 is 0 Å². The van der Waals surface area contributed by atoms with Crippen molar-refractivity contribution in [3.05, 3.63) is 0 Å². The Bertz CT molecular complexity index is 212. The Hall–Kier alpha value is -0.0800. The van der Waals surface area contributed by atoms with Crippen LogP contribution in [-0.4, -0.2) is 35.2 Å². The maximum absolute atomic E-state index is 9.80. The molecule has 3 fully saturated rings. The minimum absolute atomic E-state index is 0.0195. The number of likely N-dealkylation sites (tertiary alicyclic amines) is 1. The third-order valence-electron chi connectivity index (χ3n) is 4.34. The lowest BCUT2D eigenvalue weighted by Gasteiger charge is -2.26. The molecule has 1 aliphatic heterocycles. The van der Waals surface area contributed by atoms with Crippen molar-refractivity contribution < 1.29 is 5.11 Å². The summed E-state index contributed by atoms with van der Waals surface area (Å²) >= 11 is 0. The standard InChI is InChI=1S/C11H19NO/c13-10-3-1-2-9(10)12-7-6-11(8-12)4-5-11/h9-10,13H,1-8H2/t9-,10-/m1/s1. The molecule has 2 nitrogen and oxygen atoms in total. The number of rotatable bonds is 1. The summed E-state index contributed by atoms with van der Waals surface area (Å²) in [6, 6.07) is 0.514. The number of nitrogens with zero attached hydrogens (tertiary/aromatic N) is 1. The van der Waals surface area contributed by atoms with Crippen molar-refractivity contribution in [3.63, 3.8) is 0 Å². The molecule has 0 unspecified atom stereocenters. The number of hydrogen-bond donors (Lipinski definition) is 1. The van der Waals surface area contributed by atoms with E-state index >= 15 is 0 Å². The molecule has 0 amide bonds. The monoisotopic (exact) mass is 181 g/mol. The Morgan fingerprint density at radius 1 is 1.15 bits per heavy atom. The van der Waals surface area contributed by atoms with Gasteiger partial charge in [-0.25, -0.2) is 0 Å². The molecule has 3 aliphatic rings. The van der Waals surface area contributed by atoms with E-state index in [-0.39, 0.29) is 6.10 Å². The van der Waals surface area contributed by atoms with Gasteiger partial charge in [0.05, 0.1) is 6.10 Å². The highest BCUT2D eigenvalue weighted by Gasteiger charge is 2.49. The molecule has 0 aromatic rings. The van der Waals surface area contributed by atoms with Crippen LogP contribution in [0.25, 0.3) is 0 Å². The topological polar surface area (TPSA) is 23.5 Å². The average molecular weight is 181 g/mol. The molecule has 0 aromatic carbocycles. The molecule has 1 saturated heterocycles. The summed E-state index contributed by atoms with van der Waals surface area (Å²) < 4.78 is 0. The molecule has 2 aliphatic carbocycles. The van der Waals surface area contributed by atoms with Crippen LogP contribution in [0.4, 0.5) is 0 Å². The molecule has 1 heterocycles. The molecule has 2 atom stereocenters. The fourth-order valence-corrected chi connectivity index (χ4v) is 3.18. The van der Waals surface area contributed by atoms with Crippen molar-refractivity contribution in [3.8, 4) is 0 Å². The minimum atomic E-state index is -0.0195. The quantitative estimate of drug-likeness (QED) is 0.660. The summed E-state index contributed by atoms with van der Waals surface area (Å²) in [7, 11) is 0. The Morgan fingerprint density at radius 2 is 2.00 bits per heavy atom. The van der Waals surface area contributed by atoms with Crippen LogP contribution in [-0.2, 0) is 0 Å². The van der Waals surface area contributed by atoms with Gasteiger partial charge in [-0.05, 0) is 50.5 Å². The van der Waals surface area contributed by atoms with Gasteiger partial charge in [-0.2, -0.15) is 0 Å². The summed E-state index contributed by atoms with van der Waals surface area (Å²) in [4.78, 5) is 2.56. The highest BCUT2D eigenvalue weighted by atomic mass is 16.3. The number of aliphatic hydroxyl groups is 1. The molecule has 13 heavy (non-hydrogen) atoms. The van der Waals surface area contributed by atoms with E-state index in [2.05, 4.69) is 4.90 Å². The highest BCUT2D eigenvalue weighted by Crippen LogP contribution is 2.53. The van der Waals surface area contributed by atoms with E-state index in [1.54, 1.807) is 0 Å². The molecular formula is C11H19NO. The first kappa shape index (κ1) is 8.25. The van der Waals surface area contributed by atoms with E-state index in [9.17, 15) is 5.11 Å². The Morgan fingerprint density at radius 3 is 2.54 bits per heavy atom. The molecule has 2 saturated carbocycles. The lowest BCUT2D eigenvalue weighted by Crippen LogP contribution is -2.38. The summed E-state index contributed by atoms with van der Waals surface area (Å²) in [5.74, 6) is 0. The van der Waals surface area contributed by atoms with Crippen LogP contribution in [0.1, 0.15) is 38.5 Å². The number of aliphatic hydroxyl groups excluding tert-OH is 1. The second kappa shape index (κ2) is 2.71. The van der Waals surface area contributed by atoms with Crippen molar-refractivity contribution in [2.45, 2.75) is 50.7 Å². The zero-order valence-electron chi connectivity index (χ0n) is 8.21.